The molecule has 180 valence electrons. The van der Waals surface area contributed by atoms with E-state index in [2.05, 4.69) is 5.10 Å². The smallest absolute Gasteiger partial charge is 0.320 e. The molecule has 0 N–H and O–H groups in total. The fourth-order valence-corrected chi connectivity index (χ4v) is 4.44. The first-order valence-corrected chi connectivity index (χ1v) is 11.1. The van der Waals surface area contributed by atoms with Gasteiger partial charge in [-0.25, -0.2) is 0 Å². The van der Waals surface area contributed by atoms with Gasteiger partial charge in [0.1, 0.15) is 0 Å². The summed E-state index contributed by atoms with van der Waals surface area (Å²) in [4.78, 5) is 52.7. The molecule has 0 bridgehead atoms. The van der Waals surface area contributed by atoms with Crippen LogP contribution in [0.5, 0.6) is 11.5 Å². The van der Waals surface area contributed by atoms with Crippen LogP contribution < -0.4 is 15.0 Å². The minimum atomic E-state index is -1.49. The highest BCUT2D eigenvalue weighted by molar-refractivity contribution is 6.08. The van der Waals surface area contributed by atoms with E-state index < -0.39 is 40.0 Å². The molecule has 4 rings (SSSR count). The first-order valence-electron chi connectivity index (χ1n) is 11.1. The van der Waals surface area contributed by atoms with Crippen LogP contribution in [0.25, 0.3) is 5.69 Å². The number of nitrogens with zero attached hydrogens (tertiary/aromatic N) is 2. The molecule has 1 aliphatic carbocycles. The highest BCUT2D eigenvalue weighted by Gasteiger charge is 2.62. The Kier molecular flexibility index (Phi) is 5.62. The van der Waals surface area contributed by atoms with Crippen molar-refractivity contribution in [2.45, 2.75) is 46.5 Å². The molecule has 2 unspecified atom stereocenters. The van der Waals surface area contributed by atoms with Crippen molar-refractivity contribution >= 4 is 17.7 Å². The van der Waals surface area contributed by atoms with Crippen molar-refractivity contribution in [1.82, 2.24) is 9.78 Å². The Labute approximate surface area is 197 Å². The first-order chi connectivity index (χ1) is 16.0. The lowest BCUT2D eigenvalue weighted by Gasteiger charge is -2.47. The van der Waals surface area contributed by atoms with Gasteiger partial charge in [0.05, 0.1) is 47.9 Å². The van der Waals surface area contributed by atoms with E-state index in [9.17, 15) is 19.2 Å². The van der Waals surface area contributed by atoms with E-state index in [-0.39, 0.29) is 11.5 Å². The van der Waals surface area contributed by atoms with Crippen LogP contribution in [0.15, 0.2) is 29.1 Å². The summed E-state index contributed by atoms with van der Waals surface area (Å²) in [6.07, 6.45) is 1.80. The summed E-state index contributed by atoms with van der Waals surface area (Å²) in [7, 11) is 2.99. The molecule has 2 aromatic rings. The van der Waals surface area contributed by atoms with Crippen LogP contribution in [0.3, 0.4) is 0 Å². The maximum atomic E-state index is 14.0. The summed E-state index contributed by atoms with van der Waals surface area (Å²) in [6.45, 7) is 6.22. The summed E-state index contributed by atoms with van der Waals surface area (Å²) in [5, 5.41) is 4.53. The number of cyclic esters (lactones) is 2. The van der Waals surface area contributed by atoms with E-state index in [0.29, 0.717) is 22.9 Å². The molecule has 2 atom stereocenters. The third kappa shape index (κ3) is 3.41. The molecule has 0 spiro atoms. The number of hydrogen-bond donors (Lipinski definition) is 0. The quantitative estimate of drug-likeness (QED) is 0.361. The van der Waals surface area contributed by atoms with Crippen LogP contribution >= 0.6 is 0 Å². The van der Waals surface area contributed by atoms with E-state index in [0.717, 1.165) is 12.8 Å². The van der Waals surface area contributed by atoms with Gasteiger partial charge in [0, 0.05) is 12.0 Å². The van der Waals surface area contributed by atoms with Crippen LogP contribution in [-0.4, -0.2) is 41.7 Å². The van der Waals surface area contributed by atoms with Gasteiger partial charge < -0.3 is 14.2 Å². The third-order valence-corrected chi connectivity index (χ3v) is 7.48. The van der Waals surface area contributed by atoms with Crippen LogP contribution in [0, 0.1) is 16.7 Å². The molecule has 2 heterocycles. The van der Waals surface area contributed by atoms with Crippen molar-refractivity contribution in [2.75, 3.05) is 14.2 Å². The van der Waals surface area contributed by atoms with Crippen molar-refractivity contribution in [2.24, 2.45) is 16.7 Å². The lowest BCUT2D eigenvalue weighted by Crippen LogP contribution is -2.59. The Morgan fingerprint density at radius 1 is 1.06 bits per heavy atom. The topological polar surface area (TPSA) is 114 Å². The Balaban J connectivity index is 1.92. The van der Waals surface area contributed by atoms with Crippen molar-refractivity contribution in [3.05, 3.63) is 45.9 Å². The van der Waals surface area contributed by atoms with Crippen LogP contribution in [0.2, 0.25) is 0 Å². The van der Waals surface area contributed by atoms with Gasteiger partial charge in [-0.1, -0.05) is 13.8 Å². The van der Waals surface area contributed by atoms with Crippen molar-refractivity contribution in [1.29, 1.82) is 0 Å². The highest BCUT2D eigenvalue weighted by atomic mass is 16.6. The predicted molar refractivity (Wildman–Crippen MR) is 121 cm³/mol. The van der Waals surface area contributed by atoms with E-state index in [1.165, 1.54) is 25.0 Å². The zero-order chi connectivity index (χ0) is 25.0. The van der Waals surface area contributed by atoms with Crippen molar-refractivity contribution in [3.63, 3.8) is 0 Å². The molecular formula is C25H28N2O7. The van der Waals surface area contributed by atoms with Crippen molar-refractivity contribution in [3.8, 4) is 17.2 Å². The summed E-state index contributed by atoms with van der Waals surface area (Å²) in [5.41, 5.74) is -2.57. The molecule has 9 nitrogen and oxygen atoms in total. The van der Waals surface area contributed by atoms with Crippen LogP contribution in [-0.2, 0) is 14.3 Å². The van der Waals surface area contributed by atoms with E-state index in [1.54, 1.807) is 45.9 Å². The minimum absolute atomic E-state index is 0.114. The molecule has 0 amide bonds. The monoisotopic (exact) mass is 468 g/mol. The maximum Gasteiger partial charge on any atom is 0.320 e. The number of methoxy groups -OCH3 is 2. The molecule has 9 heteroatoms. The number of esters is 2. The predicted octanol–water partition coefficient (Wildman–Crippen LogP) is 3.06. The molecule has 1 aromatic carbocycles. The van der Waals surface area contributed by atoms with Crippen LogP contribution in [0.1, 0.15) is 62.5 Å². The molecule has 2 fully saturated rings. The van der Waals surface area contributed by atoms with Gasteiger partial charge in [-0.15, -0.1) is 0 Å². The molecule has 1 aromatic heterocycles. The lowest BCUT2D eigenvalue weighted by molar-refractivity contribution is -0.187. The standard InChI is InChI=1S/C25H28N2O7/c1-13-22(30)34-23(31)24(2,3)25(13,4)20(28)16-12-17(14-7-8-14)26-27(21(16)29)15-9-10-18(32-5)19(11-15)33-6/h9-14H,7-8H2,1-6H3. The molecule has 34 heavy (non-hydrogen) atoms. The number of ether oxygens (including phenoxy) is 3. The molecule has 1 saturated carbocycles. The Morgan fingerprint density at radius 3 is 2.29 bits per heavy atom. The van der Waals surface area contributed by atoms with Gasteiger partial charge in [0.2, 0.25) is 0 Å². The lowest BCUT2D eigenvalue weighted by atomic mass is 9.56. The summed E-state index contributed by atoms with van der Waals surface area (Å²) >= 11 is 0. The number of benzene rings is 1. The Hall–Kier alpha value is -3.49. The second-order valence-electron chi connectivity index (χ2n) is 9.60. The largest absolute Gasteiger partial charge is 0.493 e. The molecule has 1 aliphatic heterocycles. The summed E-state index contributed by atoms with van der Waals surface area (Å²) in [5.74, 6) is -2.07. The third-order valence-electron chi connectivity index (χ3n) is 7.48. The second kappa shape index (κ2) is 8.07. The number of ketones is 1. The molecule has 0 radical (unpaired) electrons. The normalized spacial score (nSPS) is 23.9. The number of hydrogen-bond acceptors (Lipinski definition) is 8. The average molecular weight is 469 g/mol. The number of aromatic nitrogens is 2. The van der Waals surface area contributed by atoms with Gasteiger partial charge in [-0.3, -0.25) is 19.2 Å². The Morgan fingerprint density at radius 2 is 1.71 bits per heavy atom. The average Bonchev–Trinajstić information content (AvgIpc) is 3.66. The fraction of sp³-hybridized carbons (Fsp3) is 0.480. The van der Waals surface area contributed by atoms with Crippen LogP contribution in [0.4, 0.5) is 0 Å². The van der Waals surface area contributed by atoms with E-state index >= 15 is 0 Å². The number of rotatable bonds is 6. The second-order valence-corrected chi connectivity index (χ2v) is 9.60. The van der Waals surface area contributed by atoms with Gasteiger partial charge in [0.15, 0.2) is 17.3 Å². The summed E-state index contributed by atoms with van der Waals surface area (Å²) in [6, 6.07) is 6.42. The number of carbonyl (C=O) groups is 3. The zero-order valence-electron chi connectivity index (χ0n) is 20.1. The molecular weight excluding hydrogens is 440 g/mol. The maximum absolute atomic E-state index is 14.0. The number of Topliss-reactive ketones (excluding diaryl/α,β-unsaturated/α-hetero) is 1. The van der Waals surface area contributed by atoms with Gasteiger partial charge >= 0.3 is 11.9 Å². The fourth-order valence-electron chi connectivity index (χ4n) is 4.44. The summed E-state index contributed by atoms with van der Waals surface area (Å²) < 4.78 is 16.7. The van der Waals surface area contributed by atoms with E-state index in [1.807, 2.05) is 0 Å². The highest BCUT2D eigenvalue weighted by Crippen LogP contribution is 2.51. The zero-order valence-corrected chi connectivity index (χ0v) is 20.1. The van der Waals surface area contributed by atoms with Gasteiger partial charge in [-0.05, 0) is 44.9 Å². The first kappa shape index (κ1) is 23.7. The van der Waals surface area contributed by atoms with Crippen molar-refractivity contribution < 1.29 is 28.6 Å². The van der Waals surface area contributed by atoms with Gasteiger partial charge in [-0.2, -0.15) is 9.78 Å². The number of carbonyl (C=O) groups excluding carboxylic acids is 3. The molecule has 2 aliphatic rings. The molecule has 1 saturated heterocycles. The van der Waals surface area contributed by atoms with E-state index in [4.69, 9.17) is 14.2 Å². The Bertz CT molecular complexity index is 1260. The minimum Gasteiger partial charge on any atom is -0.493 e. The van der Waals surface area contributed by atoms with Gasteiger partial charge in [0.25, 0.3) is 5.56 Å². The SMILES string of the molecule is COc1ccc(-n2nc(C3CC3)cc(C(=O)C3(C)C(C)C(=O)OC(=O)C3(C)C)c2=O)cc1OC.